The molecule has 0 radical (unpaired) electrons. The molecule has 2 heterocycles. The molecule has 0 aliphatic carbocycles. The lowest BCUT2D eigenvalue weighted by molar-refractivity contribution is 1.19. The number of anilines is 3. The molecule has 3 heteroatoms. The zero-order valence-corrected chi connectivity index (χ0v) is 22.0. The third-order valence-electron chi connectivity index (χ3n) is 7.56. The van der Waals surface area contributed by atoms with Gasteiger partial charge in [-0.25, -0.2) is 0 Å². The normalized spacial score (nSPS) is 11.6. The number of aromatic nitrogens is 1. The van der Waals surface area contributed by atoms with E-state index < -0.39 is 0 Å². The van der Waals surface area contributed by atoms with Crippen molar-refractivity contribution < 1.29 is 0 Å². The monoisotopic (exact) mass is 516 g/mol. The van der Waals surface area contributed by atoms with E-state index in [0.29, 0.717) is 0 Å². The standard InChI is InChI=1S/C36H24N2S/c1-3-11-25(12-4-1)37(26-13-5-2-6-14-26)28-19-21-31-32-23-27(20-22-35(32)39-36(31)24-28)38-33-17-9-7-15-29(33)30-16-8-10-18-34(30)38/h1-24H. The summed E-state index contributed by atoms with van der Waals surface area (Å²) >= 11 is 1.86. The maximum absolute atomic E-state index is 2.40. The van der Waals surface area contributed by atoms with Crippen LogP contribution in [0.3, 0.4) is 0 Å². The first-order valence-electron chi connectivity index (χ1n) is 13.2. The van der Waals surface area contributed by atoms with E-state index in [-0.39, 0.29) is 0 Å². The van der Waals surface area contributed by atoms with E-state index in [2.05, 4.69) is 155 Å². The van der Waals surface area contributed by atoms with Gasteiger partial charge in [-0.2, -0.15) is 0 Å². The number of thiophene rings is 1. The molecule has 0 unspecified atom stereocenters. The van der Waals surface area contributed by atoms with E-state index in [1.807, 2.05) is 11.3 Å². The maximum atomic E-state index is 2.40. The highest BCUT2D eigenvalue weighted by Crippen LogP contribution is 2.41. The Labute approximate surface area is 230 Å². The van der Waals surface area contributed by atoms with Crippen LogP contribution in [0.1, 0.15) is 0 Å². The Kier molecular flexibility index (Phi) is 5.04. The smallest absolute Gasteiger partial charge is 0.0541 e. The molecule has 8 rings (SSSR count). The summed E-state index contributed by atoms with van der Waals surface area (Å²) in [6, 6.07) is 52.4. The molecule has 0 spiro atoms. The third kappa shape index (κ3) is 3.55. The van der Waals surface area contributed by atoms with E-state index in [1.54, 1.807) is 0 Å². The van der Waals surface area contributed by atoms with Crippen LogP contribution >= 0.6 is 11.3 Å². The Hall–Kier alpha value is -4.86. The van der Waals surface area contributed by atoms with Gasteiger partial charge >= 0.3 is 0 Å². The Morgan fingerprint density at radius 2 is 1.00 bits per heavy atom. The first-order valence-corrected chi connectivity index (χ1v) is 14.0. The van der Waals surface area contributed by atoms with Crippen molar-refractivity contribution in [2.24, 2.45) is 0 Å². The van der Waals surface area contributed by atoms with Gasteiger partial charge in [-0.1, -0.05) is 78.9 Å². The lowest BCUT2D eigenvalue weighted by Gasteiger charge is -2.25. The number of hydrogen-bond acceptors (Lipinski definition) is 2. The molecule has 184 valence electrons. The number of nitrogens with zero attached hydrogens (tertiary/aromatic N) is 2. The minimum atomic E-state index is 1.15. The molecule has 0 saturated carbocycles. The van der Waals surface area contributed by atoms with Crippen LogP contribution in [0.4, 0.5) is 17.1 Å². The molecule has 0 bridgehead atoms. The molecular formula is C36H24N2S. The molecule has 0 fully saturated rings. The molecule has 0 atom stereocenters. The highest BCUT2D eigenvalue weighted by atomic mass is 32.1. The van der Waals surface area contributed by atoms with Crippen molar-refractivity contribution in [1.82, 2.24) is 4.57 Å². The van der Waals surface area contributed by atoms with Crippen LogP contribution in [0.15, 0.2) is 146 Å². The fourth-order valence-electron chi connectivity index (χ4n) is 5.83. The summed E-state index contributed by atoms with van der Waals surface area (Å²) in [6.45, 7) is 0. The minimum absolute atomic E-state index is 1.15. The first-order chi connectivity index (χ1) is 19.3. The number of hydrogen-bond donors (Lipinski definition) is 0. The van der Waals surface area contributed by atoms with E-state index in [0.717, 1.165) is 17.1 Å². The minimum Gasteiger partial charge on any atom is -0.310 e. The predicted octanol–water partition coefficient (Wildman–Crippen LogP) is 10.6. The molecule has 0 saturated heterocycles. The number of benzene rings is 6. The Morgan fingerprint density at radius 3 is 1.64 bits per heavy atom. The molecule has 2 nitrogen and oxygen atoms in total. The van der Waals surface area contributed by atoms with Gasteiger partial charge in [0.15, 0.2) is 0 Å². The first kappa shape index (κ1) is 22.2. The van der Waals surface area contributed by atoms with Gasteiger partial charge in [-0.3, -0.25) is 0 Å². The van der Waals surface area contributed by atoms with Crippen molar-refractivity contribution in [3.8, 4) is 5.69 Å². The van der Waals surface area contributed by atoms with Crippen LogP contribution in [0.25, 0.3) is 47.7 Å². The Bertz CT molecular complexity index is 2030. The highest BCUT2D eigenvalue weighted by Gasteiger charge is 2.16. The topological polar surface area (TPSA) is 8.17 Å². The molecular weight excluding hydrogens is 492 g/mol. The molecule has 6 aromatic carbocycles. The summed E-state index contributed by atoms with van der Waals surface area (Å²) in [5, 5.41) is 5.17. The summed E-state index contributed by atoms with van der Waals surface area (Å²) in [7, 11) is 0. The molecule has 0 amide bonds. The molecule has 8 aromatic rings. The summed E-state index contributed by atoms with van der Waals surface area (Å²) in [6.07, 6.45) is 0. The van der Waals surface area contributed by atoms with Gasteiger partial charge < -0.3 is 9.47 Å². The van der Waals surface area contributed by atoms with Gasteiger partial charge in [0.05, 0.1) is 11.0 Å². The second kappa shape index (κ2) is 8.87. The van der Waals surface area contributed by atoms with Gasteiger partial charge in [0.25, 0.3) is 0 Å². The average molecular weight is 517 g/mol. The van der Waals surface area contributed by atoms with Crippen LogP contribution in [0.5, 0.6) is 0 Å². The second-order valence-electron chi connectivity index (χ2n) is 9.84. The third-order valence-corrected chi connectivity index (χ3v) is 8.70. The van der Waals surface area contributed by atoms with Crippen molar-refractivity contribution in [3.63, 3.8) is 0 Å². The lowest BCUT2D eigenvalue weighted by atomic mass is 10.1. The number of fused-ring (bicyclic) bond motifs is 6. The lowest BCUT2D eigenvalue weighted by Crippen LogP contribution is -2.09. The van der Waals surface area contributed by atoms with Gasteiger partial charge in [0, 0.05) is 53.7 Å². The molecule has 39 heavy (non-hydrogen) atoms. The zero-order valence-electron chi connectivity index (χ0n) is 21.2. The highest BCUT2D eigenvalue weighted by molar-refractivity contribution is 7.25. The Balaban J connectivity index is 1.31. The quantitative estimate of drug-likeness (QED) is 0.226. The van der Waals surface area contributed by atoms with Gasteiger partial charge in [0.1, 0.15) is 0 Å². The fourth-order valence-corrected chi connectivity index (χ4v) is 6.95. The van der Waals surface area contributed by atoms with Crippen molar-refractivity contribution in [1.29, 1.82) is 0 Å². The van der Waals surface area contributed by atoms with Crippen molar-refractivity contribution in [2.45, 2.75) is 0 Å². The van der Waals surface area contributed by atoms with Crippen LogP contribution in [0.2, 0.25) is 0 Å². The van der Waals surface area contributed by atoms with E-state index in [9.17, 15) is 0 Å². The van der Waals surface area contributed by atoms with Gasteiger partial charge in [-0.15, -0.1) is 11.3 Å². The van der Waals surface area contributed by atoms with E-state index in [1.165, 1.54) is 47.7 Å². The van der Waals surface area contributed by atoms with E-state index in [4.69, 9.17) is 0 Å². The van der Waals surface area contributed by atoms with Crippen LogP contribution in [0, 0.1) is 0 Å². The largest absolute Gasteiger partial charge is 0.310 e. The van der Waals surface area contributed by atoms with Crippen LogP contribution in [-0.4, -0.2) is 4.57 Å². The maximum Gasteiger partial charge on any atom is 0.0541 e. The van der Waals surface area contributed by atoms with Crippen molar-refractivity contribution >= 4 is 70.4 Å². The molecule has 0 N–H and O–H groups in total. The van der Waals surface area contributed by atoms with Crippen molar-refractivity contribution in [2.75, 3.05) is 4.90 Å². The van der Waals surface area contributed by atoms with Gasteiger partial charge in [-0.05, 0) is 66.7 Å². The second-order valence-corrected chi connectivity index (χ2v) is 10.9. The number of rotatable bonds is 4. The van der Waals surface area contributed by atoms with Gasteiger partial charge in [0.2, 0.25) is 0 Å². The number of para-hydroxylation sites is 4. The molecule has 2 aromatic heterocycles. The van der Waals surface area contributed by atoms with E-state index >= 15 is 0 Å². The summed E-state index contributed by atoms with van der Waals surface area (Å²) in [5.74, 6) is 0. The SMILES string of the molecule is c1ccc(N(c2ccccc2)c2ccc3c(c2)sc2ccc(-n4c5ccccc5c5ccccc54)cc23)cc1. The Morgan fingerprint density at radius 1 is 0.410 bits per heavy atom. The van der Waals surface area contributed by atoms with Crippen LogP contribution in [-0.2, 0) is 0 Å². The fraction of sp³-hybridized carbons (Fsp3) is 0. The summed E-state index contributed by atoms with van der Waals surface area (Å²) in [4.78, 5) is 2.33. The molecule has 0 aliphatic rings. The molecule has 0 aliphatic heterocycles. The average Bonchev–Trinajstić information content (AvgIpc) is 3.53. The zero-order chi connectivity index (χ0) is 25.8. The summed E-state index contributed by atoms with van der Waals surface area (Å²) in [5.41, 5.74) is 7.13. The van der Waals surface area contributed by atoms with Crippen LogP contribution < -0.4 is 4.90 Å². The van der Waals surface area contributed by atoms with Crippen molar-refractivity contribution in [3.05, 3.63) is 146 Å². The predicted molar refractivity (Wildman–Crippen MR) is 168 cm³/mol. The summed E-state index contributed by atoms with van der Waals surface area (Å²) < 4.78 is 4.99.